The van der Waals surface area contributed by atoms with Crippen molar-refractivity contribution in [3.05, 3.63) is 24.2 Å². The number of furan rings is 1. The van der Waals surface area contributed by atoms with E-state index in [1.54, 1.807) is 11.0 Å². The quantitative estimate of drug-likeness (QED) is 0.781. The first-order valence-electron chi connectivity index (χ1n) is 8.83. The second-order valence-electron chi connectivity index (χ2n) is 6.84. The zero-order valence-corrected chi connectivity index (χ0v) is 14.9. The SMILES string of the molecule is CC(C)CC(=O)NCCC(=O)NC1CCN(C(=O)c2ccoc2)CC1. The van der Waals surface area contributed by atoms with E-state index in [2.05, 4.69) is 10.6 Å². The summed E-state index contributed by atoms with van der Waals surface area (Å²) in [4.78, 5) is 37.5. The van der Waals surface area contributed by atoms with E-state index in [9.17, 15) is 14.4 Å². The van der Waals surface area contributed by atoms with Crippen LogP contribution < -0.4 is 10.6 Å². The van der Waals surface area contributed by atoms with Gasteiger partial charge < -0.3 is 20.0 Å². The van der Waals surface area contributed by atoms with Crippen molar-refractivity contribution in [3.8, 4) is 0 Å². The van der Waals surface area contributed by atoms with Crippen LogP contribution in [-0.2, 0) is 9.59 Å². The van der Waals surface area contributed by atoms with Gasteiger partial charge in [0, 0.05) is 38.5 Å². The zero-order chi connectivity index (χ0) is 18.2. The second-order valence-corrected chi connectivity index (χ2v) is 6.84. The minimum atomic E-state index is -0.0653. The fraction of sp³-hybridized carbons (Fsp3) is 0.611. The van der Waals surface area contributed by atoms with Gasteiger partial charge in [0.25, 0.3) is 5.91 Å². The Bertz CT molecular complexity index is 575. The van der Waals surface area contributed by atoms with Crippen LogP contribution in [0.2, 0.25) is 0 Å². The third-order valence-corrected chi connectivity index (χ3v) is 4.18. The molecule has 0 bridgehead atoms. The molecule has 2 rings (SSSR count). The number of rotatable bonds is 7. The number of carbonyl (C=O) groups is 3. The Labute approximate surface area is 148 Å². The molecule has 2 heterocycles. The van der Waals surface area contributed by atoms with Gasteiger partial charge in [-0.25, -0.2) is 0 Å². The van der Waals surface area contributed by atoms with Crippen LogP contribution in [-0.4, -0.2) is 48.3 Å². The Morgan fingerprint density at radius 2 is 1.96 bits per heavy atom. The van der Waals surface area contributed by atoms with Crippen molar-refractivity contribution >= 4 is 17.7 Å². The third kappa shape index (κ3) is 6.25. The summed E-state index contributed by atoms with van der Waals surface area (Å²) in [6, 6.07) is 1.73. The van der Waals surface area contributed by atoms with Crippen molar-refractivity contribution in [2.24, 2.45) is 5.92 Å². The Morgan fingerprint density at radius 1 is 1.24 bits per heavy atom. The molecule has 25 heavy (non-hydrogen) atoms. The van der Waals surface area contributed by atoms with E-state index < -0.39 is 0 Å². The average Bonchev–Trinajstić information content (AvgIpc) is 3.08. The van der Waals surface area contributed by atoms with Crippen LogP contribution in [0.5, 0.6) is 0 Å². The highest BCUT2D eigenvalue weighted by atomic mass is 16.3. The Kier molecular flexibility index (Phi) is 7.03. The van der Waals surface area contributed by atoms with Gasteiger partial charge in [-0.15, -0.1) is 0 Å². The summed E-state index contributed by atoms with van der Waals surface area (Å²) in [5, 5.41) is 5.74. The lowest BCUT2D eigenvalue weighted by atomic mass is 10.0. The van der Waals surface area contributed by atoms with E-state index in [-0.39, 0.29) is 30.2 Å². The number of amides is 3. The monoisotopic (exact) mass is 349 g/mol. The topological polar surface area (TPSA) is 91.7 Å². The summed E-state index contributed by atoms with van der Waals surface area (Å²) in [6.07, 6.45) is 5.15. The maximum Gasteiger partial charge on any atom is 0.257 e. The van der Waals surface area contributed by atoms with E-state index in [4.69, 9.17) is 4.42 Å². The minimum absolute atomic E-state index is 0.0196. The maximum absolute atomic E-state index is 12.2. The van der Waals surface area contributed by atoms with E-state index in [0.717, 1.165) is 12.8 Å². The lowest BCUT2D eigenvalue weighted by molar-refractivity contribution is -0.123. The highest BCUT2D eigenvalue weighted by molar-refractivity contribution is 5.93. The highest BCUT2D eigenvalue weighted by Gasteiger charge is 2.24. The molecule has 1 fully saturated rings. The first-order valence-corrected chi connectivity index (χ1v) is 8.83. The van der Waals surface area contributed by atoms with Gasteiger partial charge in [0.15, 0.2) is 0 Å². The molecule has 7 nitrogen and oxygen atoms in total. The first kappa shape index (κ1) is 19.0. The number of nitrogens with zero attached hydrogens (tertiary/aromatic N) is 1. The molecule has 0 atom stereocenters. The standard InChI is InChI=1S/C18H27N3O4/c1-13(2)11-17(23)19-7-3-16(22)20-15-4-8-21(9-5-15)18(24)14-6-10-25-12-14/h6,10,12-13,15H,3-5,7-9,11H2,1-2H3,(H,19,23)(H,20,22). The molecule has 1 aromatic heterocycles. The minimum Gasteiger partial charge on any atom is -0.472 e. The van der Waals surface area contributed by atoms with Crippen LogP contribution in [0.3, 0.4) is 0 Å². The number of hydrogen-bond acceptors (Lipinski definition) is 4. The van der Waals surface area contributed by atoms with Gasteiger partial charge in [0.05, 0.1) is 11.8 Å². The summed E-state index contributed by atoms with van der Waals surface area (Å²) >= 11 is 0. The second kappa shape index (κ2) is 9.25. The van der Waals surface area contributed by atoms with Crippen molar-refractivity contribution in [2.45, 2.75) is 45.6 Å². The van der Waals surface area contributed by atoms with E-state index in [1.807, 2.05) is 13.8 Å². The number of carbonyl (C=O) groups excluding carboxylic acids is 3. The van der Waals surface area contributed by atoms with Gasteiger partial charge in [0.1, 0.15) is 6.26 Å². The van der Waals surface area contributed by atoms with Crippen LogP contribution in [0.15, 0.2) is 23.0 Å². The van der Waals surface area contributed by atoms with E-state index >= 15 is 0 Å². The molecule has 0 aromatic carbocycles. The van der Waals surface area contributed by atoms with Crippen LogP contribution in [0, 0.1) is 5.92 Å². The number of nitrogens with one attached hydrogen (secondary N) is 2. The third-order valence-electron chi connectivity index (χ3n) is 4.18. The average molecular weight is 349 g/mol. The molecule has 0 spiro atoms. The first-order chi connectivity index (χ1) is 12.0. The molecule has 1 saturated heterocycles. The molecule has 2 N–H and O–H groups in total. The van der Waals surface area contributed by atoms with Crippen molar-refractivity contribution in [1.29, 1.82) is 0 Å². The molecule has 3 amide bonds. The Hall–Kier alpha value is -2.31. The van der Waals surface area contributed by atoms with Crippen LogP contribution in [0.4, 0.5) is 0 Å². The number of likely N-dealkylation sites (tertiary alicyclic amines) is 1. The van der Waals surface area contributed by atoms with Gasteiger partial charge in [-0.05, 0) is 24.8 Å². The highest BCUT2D eigenvalue weighted by Crippen LogP contribution is 2.14. The molecule has 138 valence electrons. The molecule has 1 aliphatic rings. The van der Waals surface area contributed by atoms with Gasteiger partial charge in [-0.2, -0.15) is 0 Å². The Balaban J connectivity index is 1.63. The van der Waals surface area contributed by atoms with Crippen LogP contribution in [0.1, 0.15) is 49.9 Å². The van der Waals surface area contributed by atoms with Crippen LogP contribution >= 0.6 is 0 Å². The van der Waals surface area contributed by atoms with Crippen molar-refractivity contribution in [2.75, 3.05) is 19.6 Å². The molecule has 0 saturated carbocycles. The smallest absolute Gasteiger partial charge is 0.257 e. The summed E-state index contributed by atoms with van der Waals surface area (Å²) in [7, 11) is 0. The van der Waals surface area contributed by atoms with E-state index in [1.165, 1.54) is 12.5 Å². The fourth-order valence-corrected chi connectivity index (χ4v) is 2.85. The molecule has 0 radical (unpaired) electrons. The largest absolute Gasteiger partial charge is 0.472 e. The lowest BCUT2D eigenvalue weighted by Gasteiger charge is -2.32. The number of piperidine rings is 1. The molecule has 0 aliphatic carbocycles. The van der Waals surface area contributed by atoms with Gasteiger partial charge in [-0.3, -0.25) is 14.4 Å². The lowest BCUT2D eigenvalue weighted by Crippen LogP contribution is -2.47. The fourth-order valence-electron chi connectivity index (χ4n) is 2.85. The van der Waals surface area contributed by atoms with E-state index in [0.29, 0.717) is 37.5 Å². The van der Waals surface area contributed by atoms with Gasteiger partial charge >= 0.3 is 0 Å². The molecule has 0 unspecified atom stereocenters. The molecule has 1 aliphatic heterocycles. The summed E-state index contributed by atoms with van der Waals surface area (Å²) < 4.78 is 4.94. The summed E-state index contributed by atoms with van der Waals surface area (Å²) in [5.74, 6) is 0.188. The van der Waals surface area contributed by atoms with Crippen molar-refractivity contribution in [1.82, 2.24) is 15.5 Å². The zero-order valence-electron chi connectivity index (χ0n) is 14.9. The number of hydrogen-bond donors (Lipinski definition) is 2. The summed E-state index contributed by atoms with van der Waals surface area (Å²) in [6.45, 7) is 5.54. The van der Waals surface area contributed by atoms with Crippen molar-refractivity contribution < 1.29 is 18.8 Å². The molecule has 1 aromatic rings. The summed E-state index contributed by atoms with van der Waals surface area (Å²) in [5.41, 5.74) is 0.555. The Morgan fingerprint density at radius 3 is 2.56 bits per heavy atom. The predicted octanol–water partition coefficient (Wildman–Crippen LogP) is 1.55. The van der Waals surface area contributed by atoms with Crippen LogP contribution in [0.25, 0.3) is 0 Å². The molecular formula is C18H27N3O4. The predicted molar refractivity (Wildman–Crippen MR) is 92.9 cm³/mol. The molecule has 7 heteroatoms. The van der Waals surface area contributed by atoms with Gasteiger partial charge in [0.2, 0.25) is 11.8 Å². The normalized spacial score (nSPS) is 15.2. The molecular weight excluding hydrogens is 322 g/mol. The van der Waals surface area contributed by atoms with Crippen molar-refractivity contribution in [3.63, 3.8) is 0 Å². The maximum atomic E-state index is 12.2. The van der Waals surface area contributed by atoms with Gasteiger partial charge in [-0.1, -0.05) is 13.8 Å².